The van der Waals surface area contributed by atoms with E-state index in [9.17, 15) is 4.79 Å². The molecule has 1 saturated heterocycles. The topological polar surface area (TPSA) is 47.4 Å². The van der Waals surface area contributed by atoms with Gasteiger partial charge in [-0.05, 0) is 37.8 Å². The summed E-state index contributed by atoms with van der Waals surface area (Å²) in [6.07, 6.45) is 5.99. The molecule has 5 nitrogen and oxygen atoms in total. The van der Waals surface area contributed by atoms with Gasteiger partial charge in [0.05, 0.1) is 18.5 Å². The molecule has 0 radical (unpaired) electrons. The Labute approximate surface area is 136 Å². The molecule has 5 heteroatoms. The van der Waals surface area contributed by atoms with Gasteiger partial charge in [0.1, 0.15) is 5.75 Å². The summed E-state index contributed by atoms with van der Waals surface area (Å²) in [5.41, 5.74) is 0.939. The minimum atomic E-state index is -0.0154. The number of para-hydroxylation sites is 1. The number of nitrogens with zero attached hydrogens (tertiary/aromatic N) is 3. The van der Waals surface area contributed by atoms with Crippen molar-refractivity contribution in [3.8, 4) is 5.75 Å². The summed E-state index contributed by atoms with van der Waals surface area (Å²) in [5, 5.41) is 4.30. The number of aromatic nitrogens is 2. The van der Waals surface area contributed by atoms with Crippen LogP contribution in [0.2, 0.25) is 0 Å². The second-order valence-electron chi connectivity index (χ2n) is 5.84. The fourth-order valence-corrected chi connectivity index (χ4v) is 2.81. The average molecular weight is 313 g/mol. The third-order valence-electron chi connectivity index (χ3n) is 4.10. The molecule has 0 atom stereocenters. The molecular formula is C18H23N3O2. The quantitative estimate of drug-likeness (QED) is 0.737. The van der Waals surface area contributed by atoms with Crippen LogP contribution in [-0.4, -0.2) is 29.5 Å². The molecule has 0 aliphatic carbocycles. The van der Waals surface area contributed by atoms with Gasteiger partial charge in [0, 0.05) is 25.7 Å². The molecule has 122 valence electrons. The third-order valence-corrected chi connectivity index (χ3v) is 4.10. The van der Waals surface area contributed by atoms with Gasteiger partial charge in [-0.15, -0.1) is 0 Å². The predicted octanol–water partition coefficient (Wildman–Crippen LogP) is 2.70. The van der Waals surface area contributed by atoms with Crippen molar-refractivity contribution in [3.63, 3.8) is 0 Å². The van der Waals surface area contributed by atoms with E-state index in [1.54, 1.807) is 10.7 Å². The van der Waals surface area contributed by atoms with E-state index in [0.717, 1.165) is 37.4 Å². The number of benzene rings is 1. The van der Waals surface area contributed by atoms with Crippen LogP contribution in [0.15, 0.2) is 47.4 Å². The minimum Gasteiger partial charge on any atom is -0.494 e. The third kappa shape index (κ3) is 4.34. The molecule has 1 aliphatic heterocycles. The Kier molecular flexibility index (Phi) is 5.29. The van der Waals surface area contributed by atoms with E-state index in [0.29, 0.717) is 13.2 Å². The first-order valence-electron chi connectivity index (χ1n) is 8.33. The molecule has 0 bridgehead atoms. The van der Waals surface area contributed by atoms with Gasteiger partial charge in [-0.25, -0.2) is 4.68 Å². The Hall–Kier alpha value is -2.30. The largest absolute Gasteiger partial charge is 0.494 e. The van der Waals surface area contributed by atoms with Gasteiger partial charge < -0.3 is 9.64 Å². The molecule has 2 aromatic rings. The molecule has 1 aromatic heterocycles. The van der Waals surface area contributed by atoms with Gasteiger partial charge >= 0.3 is 0 Å². The Morgan fingerprint density at radius 2 is 1.87 bits per heavy atom. The molecule has 1 fully saturated rings. The van der Waals surface area contributed by atoms with Crippen molar-refractivity contribution in [2.75, 3.05) is 24.6 Å². The van der Waals surface area contributed by atoms with E-state index in [2.05, 4.69) is 10.00 Å². The second kappa shape index (κ2) is 7.81. The highest BCUT2D eigenvalue weighted by molar-refractivity contribution is 5.43. The maximum Gasteiger partial charge on any atom is 0.268 e. The summed E-state index contributed by atoms with van der Waals surface area (Å²) in [6.45, 7) is 3.35. The fourth-order valence-electron chi connectivity index (χ4n) is 2.81. The zero-order chi connectivity index (χ0) is 15.9. The number of hydrogen-bond acceptors (Lipinski definition) is 4. The summed E-state index contributed by atoms with van der Waals surface area (Å²) in [6, 6.07) is 11.5. The molecular weight excluding hydrogens is 290 g/mol. The van der Waals surface area contributed by atoms with Crippen molar-refractivity contribution in [3.05, 3.63) is 52.9 Å². The lowest BCUT2D eigenvalue weighted by atomic mass is 10.3. The van der Waals surface area contributed by atoms with Gasteiger partial charge in [0.2, 0.25) is 0 Å². The smallest absolute Gasteiger partial charge is 0.268 e. The standard InChI is InChI=1S/C18H23N3O2/c22-18-14-16(20-10-4-5-11-20)15-19-21(18)12-6-7-13-23-17-8-2-1-3-9-17/h1-3,8-9,14-15H,4-7,10-13H2. The van der Waals surface area contributed by atoms with Gasteiger partial charge in [-0.1, -0.05) is 18.2 Å². The molecule has 1 aromatic carbocycles. The Balaban J connectivity index is 1.44. The van der Waals surface area contributed by atoms with Gasteiger partial charge in [0.25, 0.3) is 5.56 Å². The lowest BCUT2D eigenvalue weighted by molar-refractivity contribution is 0.301. The first-order chi connectivity index (χ1) is 11.3. The van der Waals surface area contributed by atoms with Crippen LogP contribution in [0.5, 0.6) is 5.75 Å². The predicted molar refractivity (Wildman–Crippen MR) is 91.1 cm³/mol. The van der Waals surface area contributed by atoms with Crippen molar-refractivity contribution < 1.29 is 4.74 Å². The first-order valence-corrected chi connectivity index (χ1v) is 8.33. The summed E-state index contributed by atoms with van der Waals surface area (Å²) in [4.78, 5) is 14.4. The number of anilines is 1. The van der Waals surface area contributed by atoms with Crippen molar-refractivity contribution in [1.82, 2.24) is 9.78 Å². The molecule has 0 N–H and O–H groups in total. The second-order valence-corrected chi connectivity index (χ2v) is 5.84. The number of unbranched alkanes of at least 4 members (excludes halogenated alkanes) is 1. The lowest BCUT2D eigenvalue weighted by Gasteiger charge is -2.17. The van der Waals surface area contributed by atoms with Gasteiger partial charge in [0.15, 0.2) is 0 Å². The normalized spacial score (nSPS) is 14.2. The number of hydrogen-bond donors (Lipinski definition) is 0. The highest BCUT2D eigenvalue weighted by Crippen LogP contribution is 2.16. The van der Waals surface area contributed by atoms with Crippen LogP contribution in [0.4, 0.5) is 5.69 Å². The molecule has 2 heterocycles. The van der Waals surface area contributed by atoms with E-state index in [1.165, 1.54) is 12.8 Å². The van der Waals surface area contributed by atoms with E-state index < -0.39 is 0 Å². The number of ether oxygens (including phenoxy) is 1. The van der Waals surface area contributed by atoms with E-state index in [-0.39, 0.29) is 5.56 Å². The van der Waals surface area contributed by atoms with Crippen LogP contribution in [0.1, 0.15) is 25.7 Å². The average Bonchev–Trinajstić information content (AvgIpc) is 3.11. The Morgan fingerprint density at radius 1 is 1.09 bits per heavy atom. The molecule has 0 amide bonds. The maximum atomic E-state index is 12.1. The molecule has 0 spiro atoms. The summed E-state index contributed by atoms with van der Waals surface area (Å²) in [5.74, 6) is 0.887. The van der Waals surface area contributed by atoms with Crippen molar-refractivity contribution in [1.29, 1.82) is 0 Å². The number of aryl methyl sites for hydroxylation is 1. The lowest BCUT2D eigenvalue weighted by Crippen LogP contribution is -2.26. The van der Waals surface area contributed by atoms with E-state index in [4.69, 9.17) is 4.74 Å². The molecule has 3 rings (SSSR count). The number of rotatable bonds is 7. The van der Waals surface area contributed by atoms with Crippen LogP contribution in [0.3, 0.4) is 0 Å². The van der Waals surface area contributed by atoms with Crippen LogP contribution >= 0.6 is 0 Å². The maximum absolute atomic E-state index is 12.1. The minimum absolute atomic E-state index is 0.0154. The van der Waals surface area contributed by atoms with Crippen LogP contribution < -0.4 is 15.2 Å². The summed E-state index contributed by atoms with van der Waals surface area (Å²) < 4.78 is 7.19. The van der Waals surface area contributed by atoms with Crippen LogP contribution in [0.25, 0.3) is 0 Å². The molecule has 0 saturated carbocycles. The molecule has 1 aliphatic rings. The van der Waals surface area contributed by atoms with Gasteiger partial charge in [-0.3, -0.25) is 4.79 Å². The zero-order valence-electron chi connectivity index (χ0n) is 13.4. The Morgan fingerprint density at radius 3 is 2.61 bits per heavy atom. The highest BCUT2D eigenvalue weighted by atomic mass is 16.5. The summed E-state index contributed by atoms with van der Waals surface area (Å²) in [7, 11) is 0. The highest BCUT2D eigenvalue weighted by Gasteiger charge is 2.13. The first kappa shape index (κ1) is 15.6. The zero-order valence-corrected chi connectivity index (χ0v) is 13.4. The SMILES string of the molecule is O=c1cc(N2CCCC2)cnn1CCCCOc1ccccc1. The summed E-state index contributed by atoms with van der Waals surface area (Å²) >= 11 is 0. The molecule has 0 unspecified atom stereocenters. The van der Waals surface area contributed by atoms with E-state index >= 15 is 0 Å². The van der Waals surface area contributed by atoms with Crippen LogP contribution in [0, 0.1) is 0 Å². The van der Waals surface area contributed by atoms with Crippen molar-refractivity contribution in [2.45, 2.75) is 32.2 Å². The van der Waals surface area contributed by atoms with Crippen molar-refractivity contribution in [2.24, 2.45) is 0 Å². The van der Waals surface area contributed by atoms with Gasteiger partial charge in [-0.2, -0.15) is 5.10 Å². The monoisotopic (exact) mass is 313 g/mol. The van der Waals surface area contributed by atoms with Crippen molar-refractivity contribution >= 4 is 5.69 Å². The molecule has 23 heavy (non-hydrogen) atoms. The van der Waals surface area contributed by atoms with Crippen LogP contribution in [-0.2, 0) is 6.54 Å². The Bertz CT molecular complexity index is 663. The van der Waals surface area contributed by atoms with E-state index in [1.807, 2.05) is 36.5 Å². The fraction of sp³-hybridized carbons (Fsp3) is 0.444.